The van der Waals surface area contributed by atoms with Gasteiger partial charge < -0.3 is 23.8 Å². The van der Waals surface area contributed by atoms with Gasteiger partial charge in [-0.25, -0.2) is 4.98 Å². The molecule has 224 valence electrons. The smallest absolute Gasteiger partial charge is 0.254 e. The van der Waals surface area contributed by atoms with Gasteiger partial charge in [0.2, 0.25) is 11.9 Å². The maximum atomic E-state index is 13.6. The van der Waals surface area contributed by atoms with Gasteiger partial charge in [-0.2, -0.15) is 0 Å². The molecule has 1 aromatic heterocycles. The Bertz CT molecular complexity index is 1580. The molecule has 0 aliphatic carbocycles. The van der Waals surface area contributed by atoms with E-state index in [2.05, 4.69) is 5.32 Å². The van der Waals surface area contributed by atoms with E-state index in [1.807, 2.05) is 24.4 Å². The molecule has 4 aromatic rings. The minimum Gasteiger partial charge on any atom is -0.497 e. The van der Waals surface area contributed by atoms with Gasteiger partial charge in [-0.15, -0.1) is 0 Å². The van der Waals surface area contributed by atoms with Crippen LogP contribution in [0.2, 0.25) is 5.02 Å². The lowest BCUT2D eigenvalue weighted by atomic mass is 10.1. The summed E-state index contributed by atoms with van der Waals surface area (Å²) in [7, 11) is 4.66. The molecule has 0 bridgehead atoms. The molecule has 2 heterocycles. The highest BCUT2D eigenvalue weighted by Gasteiger charge is 2.26. The maximum Gasteiger partial charge on any atom is 0.254 e. The van der Waals surface area contributed by atoms with Crippen molar-refractivity contribution in [2.75, 3.05) is 46.3 Å². The first-order valence-corrected chi connectivity index (χ1v) is 14.2. The van der Waals surface area contributed by atoms with Crippen LogP contribution in [0.3, 0.4) is 0 Å². The number of ether oxygens (including phenoxy) is 4. The van der Waals surface area contributed by atoms with E-state index in [4.69, 9.17) is 35.5 Å². The molecule has 43 heavy (non-hydrogen) atoms. The second-order valence-electron chi connectivity index (χ2n) is 9.97. The van der Waals surface area contributed by atoms with Crippen molar-refractivity contribution < 1.29 is 28.5 Å². The van der Waals surface area contributed by atoms with Gasteiger partial charge in [-0.05, 0) is 55.3 Å². The summed E-state index contributed by atoms with van der Waals surface area (Å²) in [6.45, 7) is 0.711. The van der Waals surface area contributed by atoms with Crippen LogP contribution in [0.4, 0.5) is 5.95 Å². The van der Waals surface area contributed by atoms with Gasteiger partial charge in [0.1, 0.15) is 12.3 Å². The lowest BCUT2D eigenvalue weighted by Crippen LogP contribution is -2.42. The van der Waals surface area contributed by atoms with Crippen molar-refractivity contribution in [1.29, 1.82) is 0 Å². The quantitative estimate of drug-likeness (QED) is 0.242. The molecule has 10 nitrogen and oxygen atoms in total. The molecular weight excluding hydrogens is 572 g/mol. The molecule has 0 radical (unpaired) electrons. The zero-order valence-corrected chi connectivity index (χ0v) is 25.0. The molecule has 5 rings (SSSR count). The monoisotopic (exact) mass is 604 g/mol. The van der Waals surface area contributed by atoms with E-state index in [0.717, 1.165) is 18.4 Å². The van der Waals surface area contributed by atoms with Crippen LogP contribution >= 0.6 is 11.6 Å². The van der Waals surface area contributed by atoms with E-state index in [9.17, 15) is 9.59 Å². The number of halogens is 1. The highest BCUT2D eigenvalue weighted by molar-refractivity contribution is 6.30. The number of aromatic nitrogens is 2. The maximum absolute atomic E-state index is 13.6. The number of nitrogens with one attached hydrogen (secondary N) is 1. The Hall–Kier alpha value is -4.54. The number of nitrogens with zero attached hydrogens (tertiary/aromatic N) is 3. The fraction of sp³-hybridized carbons (Fsp3) is 0.281. The van der Waals surface area contributed by atoms with Gasteiger partial charge in [-0.1, -0.05) is 29.8 Å². The van der Waals surface area contributed by atoms with Crippen LogP contribution in [0.1, 0.15) is 23.2 Å². The second kappa shape index (κ2) is 13.6. The molecule has 1 saturated heterocycles. The molecule has 1 unspecified atom stereocenters. The van der Waals surface area contributed by atoms with Crippen molar-refractivity contribution in [1.82, 2.24) is 14.5 Å². The van der Waals surface area contributed by atoms with E-state index in [1.54, 1.807) is 74.4 Å². The third-order valence-corrected chi connectivity index (χ3v) is 7.38. The predicted octanol–water partition coefficient (Wildman–Crippen LogP) is 5.48. The summed E-state index contributed by atoms with van der Waals surface area (Å²) < 4.78 is 23.7. The number of rotatable bonds is 11. The third kappa shape index (κ3) is 7.10. The van der Waals surface area contributed by atoms with Crippen LogP contribution in [-0.4, -0.2) is 73.4 Å². The molecule has 1 aliphatic heterocycles. The average Bonchev–Trinajstić information content (AvgIpc) is 3.70. The molecule has 1 N–H and O–H groups in total. The number of anilines is 1. The van der Waals surface area contributed by atoms with Crippen molar-refractivity contribution in [3.05, 3.63) is 83.5 Å². The normalized spacial score (nSPS) is 14.3. The third-order valence-electron chi connectivity index (χ3n) is 7.13. The van der Waals surface area contributed by atoms with Gasteiger partial charge in [0.25, 0.3) is 5.91 Å². The topological polar surface area (TPSA) is 104 Å². The lowest BCUT2D eigenvalue weighted by molar-refractivity contribution is -0.117. The highest BCUT2D eigenvalue weighted by Crippen LogP contribution is 2.32. The predicted molar refractivity (Wildman–Crippen MR) is 164 cm³/mol. The van der Waals surface area contributed by atoms with E-state index in [1.165, 1.54) is 4.90 Å². The Kier molecular flexibility index (Phi) is 9.48. The minimum atomic E-state index is -0.413. The van der Waals surface area contributed by atoms with Crippen LogP contribution in [0.5, 0.6) is 17.2 Å². The summed E-state index contributed by atoms with van der Waals surface area (Å²) in [5, 5.41) is 3.52. The summed E-state index contributed by atoms with van der Waals surface area (Å²) in [4.78, 5) is 33.4. The van der Waals surface area contributed by atoms with Gasteiger partial charge in [0, 0.05) is 41.6 Å². The highest BCUT2D eigenvalue weighted by atomic mass is 35.5. The van der Waals surface area contributed by atoms with Crippen LogP contribution in [0, 0.1) is 0 Å². The van der Waals surface area contributed by atoms with E-state index < -0.39 is 5.91 Å². The Morgan fingerprint density at radius 1 is 1.02 bits per heavy atom. The molecule has 2 amide bonds. The Morgan fingerprint density at radius 2 is 1.81 bits per heavy atom. The number of imidazole rings is 1. The molecular formula is C32H33ClN4O6. The molecule has 11 heteroatoms. The first-order chi connectivity index (χ1) is 20.9. The zero-order chi connectivity index (χ0) is 30.3. The lowest BCUT2D eigenvalue weighted by Gasteiger charge is -2.25. The fourth-order valence-corrected chi connectivity index (χ4v) is 5.06. The van der Waals surface area contributed by atoms with Gasteiger partial charge in [-0.3, -0.25) is 19.5 Å². The standard InChI is InChI=1S/C32H33ClN4O6/c1-40-25-7-4-6-22(16-25)31(39)36(18-26-8-5-15-43-26)20-30(38)35-32-34-27(21-9-11-23(33)12-10-21)19-37(32)24-13-14-28(41-2)29(17-24)42-3/h4,6-7,9-14,16-17,19,26H,5,8,15,18,20H2,1-3H3,(H,34,35,38). The Balaban J connectivity index is 1.45. The molecule has 3 aromatic carbocycles. The van der Waals surface area contributed by atoms with Crippen molar-refractivity contribution in [3.8, 4) is 34.2 Å². The first-order valence-electron chi connectivity index (χ1n) is 13.8. The number of amides is 2. The molecule has 1 atom stereocenters. The number of carbonyl (C=O) groups is 2. The number of benzene rings is 3. The minimum absolute atomic E-state index is 0.146. The van der Waals surface area contributed by atoms with Crippen molar-refractivity contribution >= 4 is 29.4 Å². The summed E-state index contributed by atoms with van der Waals surface area (Å²) in [5.74, 6) is 1.20. The van der Waals surface area contributed by atoms with Crippen molar-refractivity contribution in [2.24, 2.45) is 0 Å². The Morgan fingerprint density at radius 3 is 2.51 bits per heavy atom. The van der Waals surface area contributed by atoms with Crippen LogP contribution in [-0.2, 0) is 9.53 Å². The van der Waals surface area contributed by atoms with Crippen LogP contribution in [0.25, 0.3) is 16.9 Å². The van der Waals surface area contributed by atoms with E-state index >= 15 is 0 Å². The molecule has 1 aliphatic rings. The first kappa shape index (κ1) is 29.9. The van der Waals surface area contributed by atoms with Crippen molar-refractivity contribution in [2.45, 2.75) is 18.9 Å². The average molecular weight is 605 g/mol. The number of carbonyl (C=O) groups excluding carboxylic acids is 2. The largest absolute Gasteiger partial charge is 0.497 e. The summed E-state index contributed by atoms with van der Waals surface area (Å²) in [5.41, 5.74) is 2.53. The number of methoxy groups -OCH3 is 3. The Labute approximate surface area is 255 Å². The second-order valence-corrected chi connectivity index (χ2v) is 10.4. The van der Waals surface area contributed by atoms with Gasteiger partial charge in [0.15, 0.2) is 11.5 Å². The molecule has 1 fully saturated rings. The SMILES string of the molecule is COc1cccc(C(=O)N(CC(=O)Nc2nc(-c3ccc(Cl)cc3)cn2-c2ccc(OC)c(OC)c2)CC2CCCO2)c1. The van der Waals surface area contributed by atoms with Crippen molar-refractivity contribution in [3.63, 3.8) is 0 Å². The fourth-order valence-electron chi connectivity index (χ4n) is 4.93. The summed E-state index contributed by atoms with van der Waals surface area (Å²) in [6, 6.07) is 19.5. The van der Waals surface area contributed by atoms with Crippen LogP contribution in [0.15, 0.2) is 72.9 Å². The molecule has 0 saturated carbocycles. The van der Waals surface area contributed by atoms with Gasteiger partial charge in [0.05, 0.1) is 38.8 Å². The number of hydrogen-bond acceptors (Lipinski definition) is 7. The van der Waals surface area contributed by atoms with Gasteiger partial charge >= 0.3 is 0 Å². The number of hydrogen-bond donors (Lipinski definition) is 1. The van der Waals surface area contributed by atoms with Crippen LogP contribution < -0.4 is 19.5 Å². The summed E-state index contributed by atoms with van der Waals surface area (Å²) >= 11 is 6.10. The van der Waals surface area contributed by atoms with E-state index in [0.29, 0.717) is 45.8 Å². The van der Waals surface area contributed by atoms with E-state index in [-0.39, 0.29) is 31.0 Å². The summed E-state index contributed by atoms with van der Waals surface area (Å²) in [6.07, 6.45) is 3.39. The zero-order valence-electron chi connectivity index (χ0n) is 24.2. The molecule has 0 spiro atoms.